The van der Waals surface area contributed by atoms with Crippen LogP contribution in [0.2, 0.25) is 0 Å². The molecule has 0 saturated carbocycles. The van der Waals surface area contributed by atoms with Crippen LogP contribution in [-0.2, 0) is 4.74 Å². The molecular weight excluding hydrogens is 400 g/mol. The molecule has 0 unspecified atom stereocenters. The number of hydrogen-bond donors (Lipinski definition) is 6. The van der Waals surface area contributed by atoms with Crippen molar-refractivity contribution in [2.75, 3.05) is 6.61 Å². The van der Waals surface area contributed by atoms with Gasteiger partial charge in [0, 0.05) is 0 Å². The minimum atomic E-state index is -1.55. The van der Waals surface area contributed by atoms with Gasteiger partial charge in [-0.3, -0.25) is 0 Å². The lowest BCUT2D eigenvalue weighted by atomic mass is 9.91. The first-order valence-corrected chi connectivity index (χ1v) is 8.91. The van der Waals surface area contributed by atoms with Crippen molar-refractivity contribution in [3.8, 4) is 11.5 Å². The summed E-state index contributed by atoms with van der Waals surface area (Å²) in [6.07, 6.45) is -6.68. The van der Waals surface area contributed by atoms with Crippen LogP contribution in [0.4, 0.5) is 0 Å². The van der Waals surface area contributed by atoms with E-state index in [9.17, 15) is 30.0 Å². The van der Waals surface area contributed by atoms with Crippen molar-refractivity contribution in [1.29, 1.82) is 0 Å². The summed E-state index contributed by atoms with van der Waals surface area (Å²) in [5.41, 5.74) is -0.178. The highest BCUT2D eigenvalue weighted by atomic mass is 16.5. The lowest BCUT2D eigenvalue weighted by Crippen LogP contribution is -2.55. The number of aromatic carboxylic acids is 2. The molecule has 1 fully saturated rings. The lowest BCUT2D eigenvalue weighted by Gasteiger charge is -2.40. The van der Waals surface area contributed by atoms with Crippen LogP contribution in [0.15, 0.2) is 42.5 Å². The fourth-order valence-corrected chi connectivity index (χ4v) is 3.17. The molecule has 10 heteroatoms. The van der Waals surface area contributed by atoms with Gasteiger partial charge >= 0.3 is 11.9 Å². The molecule has 6 N–H and O–H groups in total. The Balaban J connectivity index is 1.89. The topological polar surface area (TPSA) is 174 Å². The fraction of sp³-hybridized carbons (Fsp3) is 0.300. The Bertz CT molecular complexity index is 909. The minimum Gasteiger partial charge on any atom is -0.478 e. The van der Waals surface area contributed by atoms with Gasteiger partial charge in [-0.1, -0.05) is 12.1 Å². The van der Waals surface area contributed by atoms with Crippen molar-refractivity contribution in [3.63, 3.8) is 0 Å². The van der Waals surface area contributed by atoms with Crippen LogP contribution in [0.25, 0.3) is 0 Å². The summed E-state index contributed by atoms with van der Waals surface area (Å²) in [6, 6.07) is 9.40. The average Bonchev–Trinajstić information content (AvgIpc) is 2.72. The largest absolute Gasteiger partial charge is 0.478 e. The molecule has 160 valence electrons. The molecule has 0 bridgehead atoms. The van der Waals surface area contributed by atoms with E-state index in [2.05, 4.69) is 0 Å². The first-order valence-electron chi connectivity index (χ1n) is 8.91. The van der Waals surface area contributed by atoms with E-state index in [1.165, 1.54) is 12.1 Å². The van der Waals surface area contributed by atoms with Crippen molar-refractivity contribution in [2.45, 2.75) is 30.5 Å². The van der Waals surface area contributed by atoms with Gasteiger partial charge in [0.15, 0.2) is 0 Å². The Labute approximate surface area is 170 Å². The van der Waals surface area contributed by atoms with Crippen molar-refractivity contribution in [2.24, 2.45) is 0 Å². The van der Waals surface area contributed by atoms with Crippen LogP contribution < -0.4 is 4.74 Å². The van der Waals surface area contributed by atoms with Crippen LogP contribution in [0, 0.1) is 0 Å². The maximum absolute atomic E-state index is 11.2. The monoisotopic (exact) mass is 420 g/mol. The number of hydrogen-bond acceptors (Lipinski definition) is 8. The zero-order chi connectivity index (χ0) is 22.0. The molecule has 2 aromatic rings. The predicted molar refractivity (Wildman–Crippen MR) is 99.6 cm³/mol. The molecule has 0 aliphatic carbocycles. The molecule has 30 heavy (non-hydrogen) atoms. The van der Waals surface area contributed by atoms with Crippen LogP contribution in [0.5, 0.6) is 11.5 Å². The van der Waals surface area contributed by atoms with Gasteiger partial charge in [0.2, 0.25) is 0 Å². The number of carboxylic acids is 2. The predicted octanol–water partition coefficient (Wildman–Crippen LogP) is 0.390. The van der Waals surface area contributed by atoms with Crippen molar-refractivity contribution in [1.82, 2.24) is 0 Å². The zero-order valence-corrected chi connectivity index (χ0v) is 15.5. The highest BCUT2D eigenvalue weighted by Crippen LogP contribution is 2.34. The Kier molecular flexibility index (Phi) is 6.34. The van der Waals surface area contributed by atoms with Gasteiger partial charge in [-0.2, -0.15) is 0 Å². The SMILES string of the molecule is O=C(O)c1cc(Oc2cccc([C@H]3O[C@H](CO)[C@@H](O)[C@H](O)[C@H]3O)c2)cc(C(=O)O)c1. The third kappa shape index (κ3) is 4.42. The van der Waals surface area contributed by atoms with Gasteiger partial charge in [0.1, 0.15) is 42.0 Å². The Morgan fingerprint density at radius 3 is 2.07 bits per heavy atom. The summed E-state index contributed by atoms with van der Waals surface area (Å²) in [6.45, 7) is -0.572. The number of benzene rings is 2. The van der Waals surface area contributed by atoms with Crippen LogP contribution in [0.3, 0.4) is 0 Å². The maximum Gasteiger partial charge on any atom is 0.335 e. The Morgan fingerprint density at radius 1 is 0.867 bits per heavy atom. The first kappa shape index (κ1) is 21.7. The summed E-state index contributed by atoms with van der Waals surface area (Å²) >= 11 is 0. The molecule has 2 aromatic carbocycles. The first-order chi connectivity index (χ1) is 14.2. The molecule has 1 heterocycles. The molecule has 0 aromatic heterocycles. The molecular formula is C20H20O10. The molecule has 0 amide bonds. The second-order valence-electron chi connectivity index (χ2n) is 6.78. The van der Waals surface area contributed by atoms with Gasteiger partial charge in [-0.15, -0.1) is 0 Å². The van der Waals surface area contributed by atoms with E-state index in [4.69, 9.17) is 19.7 Å². The third-order valence-corrected chi connectivity index (χ3v) is 4.72. The maximum atomic E-state index is 11.2. The van der Waals surface area contributed by atoms with Gasteiger partial charge in [0.05, 0.1) is 17.7 Å². The molecule has 5 atom stereocenters. The van der Waals surface area contributed by atoms with Crippen LogP contribution in [0.1, 0.15) is 32.4 Å². The minimum absolute atomic E-state index is 0.0294. The average molecular weight is 420 g/mol. The van der Waals surface area contributed by atoms with Gasteiger partial charge in [-0.25, -0.2) is 9.59 Å². The highest BCUT2D eigenvalue weighted by molar-refractivity contribution is 5.94. The quantitative estimate of drug-likeness (QED) is 0.383. The summed E-state index contributed by atoms with van der Waals surface area (Å²) in [7, 11) is 0. The van der Waals surface area contributed by atoms with Crippen molar-refractivity contribution in [3.05, 3.63) is 59.2 Å². The molecule has 0 spiro atoms. The second-order valence-corrected chi connectivity index (χ2v) is 6.78. The van der Waals surface area contributed by atoms with Crippen LogP contribution >= 0.6 is 0 Å². The molecule has 10 nitrogen and oxygen atoms in total. The molecule has 3 rings (SSSR count). The molecule has 0 radical (unpaired) electrons. The molecule has 1 saturated heterocycles. The summed E-state index contributed by atoms with van der Waals surface area (Å²) in [4.78, 5) is 22.5. The summed E-state index contributed by atoms with van der Waals surface area (Å²) in [5.74, 6) is -2.49. The summed E-state index contributed by atoms with van der Waals surface area (Å²) < 4.78 is 11.1. The van der Waals surface area contributed by atoms with Gasteiger partial charge in [-0.05, 0) is 35.9 Å². The number of ether oxygens (including phenoxy) is 2. The van der Waals surface area contributed by atoms with E-state index in [1.807, 2.05) is 0 Å². The third-order valence-electron chi connectivity index (χ3n) is 4.72. The highest BCUT2D eigenvalue weighted by Gasteiger charge is 2.44. The Hall–Kier alpha value is -3.02. The van der Waals surface area contributed by atoms with Crippen molar-refractivity contribution < 1.29 is 49.7 Å². The van der Waals surface area contributed by atoms with E-state index in [0.29, 0.717) is 5.56 Å². The Morgan fingerprint density at radius 2 is 1.50 bits per heavy atom. The lowest BCUT2D eigenvalue weighted by molar-refractivity contribution is -0.231. The summed E-state index contributed by atoms with van der Waals surface area (Å²) in [5, 5.41) is 57.8. The van der Waals surface area contributed by atoms with E-state index >= 15 is 0 Å². The zero-order valence-electron chi connectivity index (χ0n) is 15.5. The number of rotatable bonds is 6. The normalized spacial score (nSPS) is 26.2. The molecule has 1 aliphatic rings. The van der Waals surface area contributed by atoms with Gasteiger partial charge in [0.25, 0.3) is 0 Å². The smallest absolute Gasteiger partial charge is 0.335 e. The molecule has 1 aliphatic heterocycles. The van der Waals surface area contributed by atoms with E-state index in [1.54, 1.807) is 12.1 Å². The van der Waals surface area contributed by atoms with E-state index < -0.39 is 49.1 Å². The number of carboxylic acid groups (broad SMARTS) is 2. The number of aliphatic hydroxyl groups excluding tert-OH is 4. The fourth-order valence-electron chi connectivity index (χ4n) is 3.17. The number of carbonyl (C=O) groups is 2. The van der Waals surface area contributed by atoms with Crippen LogP contribution in [-0.4, -0.2) is 73.6 Å². The number of aliphatic hydroxyl groups is 4. The standard InChI is InChI=1S/C20H20O10/c21-8-14-15(22)16(23)17(24)18(30-14)9-2-1-3-12(5-9)29-13-6-10(19(25)26)4-11(7-13)20(27)28/h1-7,14-18,21-24H,8H2,(H,25,26)(H,27,28)/t14-,15-,16+,17-,18-/m1/s1. The van der Waals surface area contributed by atoms with Gasteiger partial charge < -0.3 is 40.1 Å². The second kappa shape index (κ2) is 8.78. The van der Waals surface area contributed by atoms with Crippen molar-refractivity contribution >= 4 is 11.9 Å². The van der Waals surface area contributed by atoms with E-state index in [0.717, 1.165) is 18.2 Å². The van der Waals surface area contributed by atoms with E-state index in [-0.39, 0.29) is 22.6 Å².